The normalized spacial score (nSPS) is 13.3. The van der Waals surface area contributed by atoms with Crippen molar-refractivity contribution in [2.24, 2.45) is 5.92 Å². The largest absolute Gasteiger partial charge is 0.494 e. The molecule has 43 heavy (non-hydrogen) atoms. The van der Waals surface area contributed by atoms with Crippen LogP contribution in [-0.2, 0) is 22.6 Å². The van der Waals surface area contributed by atoms with Crippen molar-refractivity contribution in [1.29, 1.82) is 0 Å². The fourth-order valence-corrected chi connectivity index (χ4v) is 5.30. The average molecular weight is 582 g/mol. The van der Waals surface area contributed by atoms with Gasteiger partial charge in [-0.25, -0.2) is 19.6 Å². The van der Waals surface area contributed by atoms with Crippen LogP contribution in [0.3, 0.4) is 0 Å². The smallest absolute Gasteiger partial charge is 0.413 e. The van der Waals surface area contributed by atoms with Crippen LogP contribution in [0.25, 0.3) is 33.5 Å². The Morgan fingerprint density at radius 2 is 1.81 bits per heavy atom. The van der Waals surface area contributed by atoms with E-state index >= 15 is 0 Å². The molecule has 2 aromatic carbocycles. The van der Waals surface area contributed by atoms with E-state index in [1.807, 2.05) is 32.9 Å². The molecule has 1 amide bonds. The van der Waals surface area contributed by atoms with E-state index in [-0.39, 0.29) is 0 Å². The lowest BCUT2D eigenvalue weighted by molar-refractivity contribution is 0.0598. The number of imidazole rings is 1. The maximum atomic E-state index is 12.5. The van der Waals surface area contributed by atoms with Crippen molar-refractivity contribution in [3.8, 4) is 17.3 Å². The van der Waals surface area contributed by atoms with E-state index in [1.165, 1.54) is 20.0 Å². The number of amides is 1. The predicted octanol–water partition coefficient (Wildman–Crippen LogP) is 6.65. The summed E-state index contributed by atoms with van der Waals surface area (Å²) in [5, 5.41) is 3.82. The van der Waals surface area contributed by atoms with Gasteiger partial charge in [-0.05, 0) is 75.4 Å². The van der Waals surface area contributed by atoms with Crippen LogP contribution in [0.5, 0.6) is 5.75 Å². The monoisotopic (exact) mass is 581 g/mol. The minimum Gasteiger partial charge on any atom is -0.494 e. The second-order valence-electron chi connectivity index (χ2n) is 11.9. The number of aromatic nitrogens is 4. The van der Waals surface area contributed by atoms with Gasteiger partial charge in [0.2, 0.25) is 0 Å². The van der Waals surface area contributed by atoms with Gasteiger partial charge in [-0.1, -0.05) is 24.3 Å². The van der Waals surface area contributed by atoms with E-state index in [0.717, 1.165) is 40.0 Å². The van der Waals surface area contributed by atoms with Gasteiger partial charge in [0, 0.05) is 23.6 Å². The van der Waals surface area contributed by atoms with Crippen LogP contribution in [0.4, 0.5) is 10.6 Å². The lowest BCUT2D eigenvalue weighted by Gasteiger charge is -2.19. The molecule has 1 aliphatic rings. The van der Waals surface area contributed by atoms with E-state index in [2.05, 4.69) is 43.7 Å². The van der Waals surface area contributed by atoms with Gasteiger partial charge in [-0.3, -0.25) is 5.32 Å². The van der Waals surface area contributed by atoms with E-state index in [4.69, 9.17) is 19.2 Å². The molecule has 3 aromatic heterocycles. The lowest BCUT2D eigenvalue weighted by atomic mass is 10.1. The van der Waals surface area contributed by atoms with Gasteiger partial charge in [0.1, 0.15) is 22.7 Å². The number of hydrogen-bond donors (Lipinski definition) is 1. The van der Waals surface area contributed by atoms with Gasteiger partial charge in [0.15, 0.2) is 5.82 Å². The Balaban J connectivity index is 1.46. The zero-order chi connectivity index (χ0) is 30.3. The number of pyridine rings is 1. The van der Waals surface area contributed by atoms with Crippen molar-refractivity contribution in [3.63, 3.8) is 0 Å². The highest BCUT2D eigenvalue weighted by atomic mass is 16.6. The Kier molecular flexibility index (Phi) is 7.29. The molecule has 10 heteroatoms. The third-order valence-corrected chi connectivity index (χ3v) is 7.42. The first kappa shape index (κ1) is 28.3. The van der Waals surface area contributed by atoms with E-state index < -0.39 is 17.7 Å². The molecule has 0 bridgehead atoms. The van der Waals surface area contributed by atoms with E-state index in [1.54, 1.807) is 31.5 Å². The summed E-state index contributed by atoms with van der Waals surface area (Å²) in [4.78, 5) is 34.3. The molecule has 1 fully saturated rings. The topological polar surface area (TPSA) is 110 Å². The van der Waals surface area contributed by atoms with Crippen LogP contribution in [0, 0.1) is 5.92 Å². The molecule has 1 N–H and O–H groups in total. The number of carbonyl (C=O) groups excluding carboxylic acids is 2. The Morgan fingerprint density at radius 1 is 1.02 bits per heavy atom. The number of benzene rings is 2. The molecule has 5 aromatic rings. The minimum absolute atomic E-state index is 0.362. The number of para-hydroxylation sites is 1. The maximum Gasteiger partial charge on any atom is 0.413 e. The van der Waals surface area contributed by atoms with Gasteiger partial charge < -0.3 is 23.3 Å². The maximum absolute atomic E-state index is 12.5. The molecule has 0 unspecified atom stereocenters. The van der Waals surface area contributed by atoms with Crippen molar-refractivity contribution in [3.05, 3.63) is 71.9 Å². The number of ether oxygens (including phenoxy) is 3. The molecule has 3 heterocycles. The molecular weight excluding hydrogens is 546 g/mol. The zero-order valence-corrected chi connectivity index (χ0v) is 25.0. The van der Waals surface area contributed by atoms with Gasteiger partial charge in [0.05, 0.1) is 37.5 Å². The number of nitrogens with zero attached hydrogens (tertiary/aromatic N) is 4. The Bertz CT molecular complexity index is 1830. The number of fused-ring (bicyclic) bond motifs is 2. The average Bonchev–Trinajstić information content (AvgIpc) is 3.63. The number of carbonyl (C=O) groups is 2. The highest BCUT2D eigenvalue weighted by Gasteiger charge is 2.27. The molecule has 0 radical (unpaired) electrons. The van der Waals surface area contributed by atoms with Crippen molar-refractivity contribution in [1.82, 2.24) is 19.1 Å². The van der Waals surface area contributed by atoms with Crippen LogP contribution in [-0.4, -0.2) is 51.0 Å². The summed E-state index contributed by atoms with van der Waals surface area (Å²) in [7, 11) is 2.93. The first-order valence-electron chi connectivity index (χ1n) is 14.3. The summed E-state index contributed by atoms with van der Waals surface area (Å²) in [5.41, 5.74) is 4.16. The quantitative estimate of drug-likeness (QED) is 0.204. The third kappa shape index (κ3) is 5.90. The number of anilines is 1. The summed E-state index contributed by atoms with van der Waals surface area (Å²) in [5.74, 6) is 1.83. The second-order valence-corrected chi connectivity index (χ2v) is 11.9. The van der Waals surface area contributed by atoms with Gasteiger partial charge >= 0.3 is 12.1 Å². The molecule has 0 aliphatic heterocycles. The molecule has 0 spiro atoms. The molecule has 1 aliphatic carbocycles. The molecule has 10 nitrogen and oxygen atoms in total. The first-order valence-corrected chi connectivity index (χ1v) is 14.3. The van der Waals surface area contributed by atoms with Gasteiger partial charge in [-0.2, -0.15) is 0 Å². The van der Waals surface area contributed by atoms with Crippen LogP contribution in [0.2, 0.25) is 0 Å². The van der Waals surface area contributed by atoms with E-state index in [0.29, 0.717) is 35.1 Å². The molecule has 1 saturated carbocycles. The molecule has 222 valence electrons. The zero-order valence-electron chi connectivity index (χ0n) is 25.0. The SMILES string of the molecule is COC(=O)c1cc(OC)c2c(c1)nc(-c1cc3ccccc3n1CC1CC1)n2Cc1ccc(NC(=O)OC(C)(C)C)nc1. The summed E-state index contributed by atoms with van der Waals surface area (Å²) >= 11 is 0. The summed E-state index contributed by atoms with van der Waals surface area (Å²) in [6, 6.07) is 17.6. The Labute approximate surface area is 249 Å². The highest BCUT2D eigenvalue weighted by molar-refractivity contribution is 5.97. The molecule has 0 atom stereocenters. The highest BCUT2D eigenvalue weighted by Crippen LogP contribution is 2.38. The van der Waals surface area contributed by atoms with Crippen LogP contribution >= 0.6 is 0 Å². The van der Waals surface area contributed by atoms with Crippen molar-refractivity contribution < 1.29 is 23.8 Å². The molecule has 0 saturated heterocycles. The number of hydrogen-bond acceptors (Lipinski definition) is 7. The van der Waals surface area contributed by atoms with Crippen molar-refractivity contribution in [2.45, 2.75) is 52.3 Å². The number of methoxy groups -OCH3 is 2. The van der Waals surface area contributed by atoms with Crippen LogP contribution < -0.4 is 10.1 Å². The summed E-state index contributed by atoms with van der Waals surface area (Å²) in [6.45, 7) is 6.75. The number of rotatable bonds is 8. The second kappa shape index (κ2) is 11.1. The van der Waals surface area contributed by atoms with Crippen molar-refractivity contribution in [2.75, 3.05) is 19.5 Å². The predicted molar refractivity (Wildman–Crippen MR) is 164 cm³/mol. The van der Waals surface area contributed by atoms with Gasteiger partial charge in [-0.15, -0.1) is 0 Å². The molecular formula is C33H35N5O5. The van der Waals surface area contributed by atoms with Gasteiger partial charge in [0.25, 0.3) is 0 Å². The summed E-state index contributed by atoms with van der Waals surface area (Å²) in [6.07, 6.45) is 3.59. The van der Waals surface area contributed by atoms with Crippen LogP contribution in [0.15, 0.2) is 60.8 Å². The molecule has 6 rings (SSSR count). The number of nitrogens with one attached hydrogen (secondary N) is 1. The van der Waals surface area contributed by atoms with E-state index in [9.17, 15) is 9.59 Å². The fraction of sp³-hybridized carbons (Fsp3) is 0.333. The standard InChI is InChI=1S/C33H35N5O5/c1-33(2,3)43-32(40)36-28-13-12-21(17-34-28)19-38-29-24(14-23(31(39)42-5)16-27(29)41-4)35-30(38)26-15-22-8-6-7-9-25(22)37(26)18-20-10-11-20/h6-9,12-17,20H,10-11,18-19H2,1-5H3,(H,34,36,40). The number of esters is 1. The van der Waals surface area contributed by atoms with Crippen molar-refractivity contribution >= 4 is 39.8 Å². The first-order chi connectivity index (χ1) is 20.6. The fourth-order valence-electron chi connectivity index (χ4n) is 5.30. The Morgan fingerprint density at radius 3 is 2.49 bits per heavy atom. The Hall–Kier alpha value is -4.86. The lowest BCUT2D eigenvalue weighted by Crippen LogP contribution is -2.27. The summed E-state index contributed by atoms with van der Waals surface area (Å²) < 4.78 is 20.6. The minimum atomic E-state index is -0.613. The third-order valence-electron chi connectivity index (χ3n) is 7.42. The van der Waals surface area contributed by atoms with Crippen LogP contribution in [0.1, 0.15) is 49.5 Å².